The second kappa shape index (κ2) is 9.18. The van der Waals surface area contributed by atoms with E-state index in [4.69, 9.17) is 27.5 Å². The van der Waals surface area contributed by atoms with Crippen LogP contribution in [0.1, 0.15) is 30.6 Å². The average Bonchev–Trinajstić information content (AvgIpc) is 3.24. The van der Waals surface area contributed by atoms with Gasteiger partial charge in [0.1, 0.15) is 23.0 Å². The Labute approximate surface area is 201 Å². The van der Waals surface area contributed by atoms with E-state index in [2.05, 4.69) is 4.98 Å². The maximum atomic E-state index is 14.5. The SMILES string of the molecule is CC(Oc1cc(-c2ccc(C(=O)N3CCC(=N)C3)cc2)cnc1N)C1=C(F)C=CC(F)C1(C)Cl. The predicted molar refractivity (Wildman–Crippen MR) is 129 cm³/mol. The van der Waals surface area contributed by atoms with Crippen LogP contribution in [0.5, 0.6) is 5.75 Å². The van der Waals surface area contributed by atoms with Crippen LogP contribution in [0, 0.1) is 5.41 Å². The molecule has 1 aliphatic heterocycles. The third-order valence-corrected chi connectivity index (χ3v) is 6.54. The van der Waals surface area contributed by atoms with Crippen LogP contribution in [0.25, 0.3) is 11.1 Å². The highest BCUT2D eigenvalue weighted by molar-refractivity contribution is 6.26. The van der Waals surface area contributed by atoms with E-state index >= 15 is 0 Å². The molecule has 0 spiro atoms. The quantitative estimate of drug-likeness (QED) is 0.575. The molecule has 1 aliphatic carbocycles. The summed E-state index contributed by atoms with van der Waals surface area (Å²) in [6.07, 6.45) is 1.84. The molecule has 1 amide bonds. The summed E-state index contributed by atoms with van der Waals surface area (Å²) >= 11 is 6.31. The first-order valence-electron chi connectivity index (χ1n) is 10.9. The Morgan fingerprint density at radius 1 is 1.35 bits per heavy atom. The Balaban J connectivity index is 1.55. The van der Waals surface area contributed by atoms with Crippen molar-refractivity contribution in [2.45, 2.75) is 37.4 Å². The monoisotopic (exact) mass is 486 g/mol. The lowest BCUT2D eigenvalue weighted by Gasteiger charge is -2.34. The Hall–Kier alpha value is -3.26. The molecule has 4 rings (SSSR count). The smallest absolute Gasteiger partial charge is 0.254 e. The standard InChI is InChI=1S/C25H25ClF2N4O2/c1-14(22-19(27)7-8-21(28)25(22,2)26)34-20-11-17(12-31-23(20)30)15-3-5-16(6-4-15)24(33)32-10-9-18(29)13-32/h3-8,11-12,14,21,29H,9-10,13H2,1-2H3,(H2,30,31). The van der Waals surface area contributed by atoms with Crippen molar-refractivity contribution in [2.24, 2.45) is 0 Å². The van der Waals surface area contributed by atoms with E-state index in [-0.39, 0.29) is 23.0 Å². The minimum Gasteiger partial charge on any atom is -0.482 e. The number of benzene rings is 1. The Morgan fingerprint density at radius 3 is 2.71 bits per heavy atom. The lowest BCUT2D eigenvalue weighted by molar-refractivity contribution is 0.0798. The van der Waals surface area contributed by atoms with Crippen LogP contribution in [0.3, 0.4) is 0 Å². The normalized spacial score (nSPS) is 23.4. The van der Waals surface area contributed by atoms with Crippen molar-refractivity contribution < 1.29 is 18.3 Å². The average molecular weight is 487 g/mol. The van der Waals surface area contributed by atoms with Gasteiger partial charge in [-0.15, -0.1) is 11.6 Å². The number of rotatable bonds is 5. The molecule has 0 bridgehead atoms. The maximum absolute atomic E-state index is 14.5. The Bertz CT molecular complexity index is 1190. The van der Waals surface area contributed by atoms with Gasteiger partial charge in [-0.05, 0) is 49.8 Å². The second-order valence-electron chi connectivity index (χ2n) is 8.62. The van der Waals surface area contributed by atoms with E-state index in [1.807, 2.05) is 0 Å². The van der Waals surface area contributed by atoms with E-state index in [0.717, 1.165) is 17.7 Å². The molecule has 1 fully saturated rings. The van der Waals surface area contributed by atoms with Gasteiger partial charge in [0.25, 0.3) is 5.91 Å². The highest BCUT2D eigenvalue weighted by atomic mass is 35.5. The van der Waals surface area contributed by atoms with Crippen molar-refractivity contribution >= 4 is 29.0 Å². The number of nitrogens with two attached hydrogens (primary N) is 1. The van der Waals surface area contributed by atoms with Crippen LogP contribution in [0.2, 0.25) is 0 Å². The van der Waals surface area contributed by atoms with E-state index in [1.54, 1.807) is 48.4 Å². The van der Waals surface area contributed by atoms with Gasteiger partial charge >= 0.3 is 0 Å². The molecule has 0 saturated carbocycles. The summed E-state index contributed by atoms with van der Waals surface area (Å²) in [5.74, 6) is -0.457. The molecule has 2 aromatic rings. The summed E-state index contributed by atoms with van der Waals surface area (Å²) in [4.78, 5) is 16.9. The molecule has 178 valence electrons. The van der Waals surface area contributed by atoms with Crippen molar-refractivity contribution in [3.63, 3.8) is 0 Å². The molecule has 1 aromatic carbocycles. The van der Waals surface area contributed by atoms with Gasteiger partial charge in [0.05, 0.1) is 6.54 Å². The van der Waals surface area contributed by atoms with E-state index < -0.39 is 23.0 Å². The zero-order valence-electron chi connectivity index (χ0n) is 18.8. The molecular formula is C25H25ClF2N4O2. The van der Waals surface area contributed by atoms with Crippen LogP contribution in [-0.2, 0) is 0 Å². The van der Waals surface area contributed by atoms with Gasteiger partial charge in [-0.25, -0.2) is 13.8 Å². The van der Waals surface area contributed by atoms with Crippen LogP contribution in [0.4, 0.5) is 14.6 Å². The van der Waals surface area contributed by atoms with Gasteiger partial charge < -0.3 is 20.8 Å². The summed E-state index contributed by atoms with van der Waals surface area (Å²) in [6.45, 7) is 3.89. The molecule has 2 heterocycles. The molecule has 3 unspecified atom stereocenters. The number of hydrogen-bond donors (Lipinski definition) is 2. The van der Waals surface area contributed by atoms with Crippen LogP contribution >= 0.6 is 11.6 Å². The van der Waals surface area contributed by atoms with Gasteiger partial charge in [-0.1, -0.05) is 12.1 Å². The molecule has 34 heavy (non-hydrogen) atoms. The molecule has 9 heteroatoms. The summed E-state index contributed by atoms with van der Waals surface area (Å²) in [6, 6.07) is 8.66. The molecule has 0 radical (unpaired) electrons. The summed E-state index contributed by atoms with van der Waals surface area (Å²) in [7, 11) is 0. The fourth-order valence-corrected chi connectivity index (χ4v) is 4.51. The van der Waals surface area contributed by atoms with Crippen molar-refractivity contribution in [1.82, 2.24) is 9.88 Å². The van der Waals surface area contributed by atoms with E-state index in [1.165, 1.54) is 6.92 Å². The number of pyridine rings is 1. The van der Waals surface area contributed by atoms with Crippen molar-refractivity contribution in [3.8, 4) is 16.9 Å². The fourth-order valence-electron chi connectivity index (χ4n) is 4.19. The predicted octanol–water partition coefficient (Wildman–Crippen LogP) is 5.09. The first-order valence-corrected chi connectivity index (χ1v) is 11.2. The zero-order chi connectivity index (χ0) is 24.6. The van der Waals surface area contributed by atoms with Crippen LogP contribution in [0.15, 0.2) is 60.1 Å². The maximum Gasteiger partial charge on any atom is 0.254 e. The van der Waals surface area contributed by atoms with E-state index in [9.17, 15) is 13.6 Å². The van der Waals surface area contributed by atoms with Crippen molar-refractivity contribution in [2.75, 3.05) is 18.8 Å². The molecule has 1 aromatic heterocycles. The number of amides is 1. The lowest BCUT2D eigenvalue weighted by atomic mass is 9.87. The Kier molecular flexibility index (Phi) is 6.45. The van der Waals surface area contributed by atoms with Gasteiger partial charge in [0.2, 0.25) is 0 Å². The number of nitrogens with one attached hydrogen (secondary N) is 1. The number of hydrogen-bond acceptors (Lipinski definition) is 5. The number of nitrogens with zero attached hydrogens (tertiary/aromatic N) is 2. The molecular weight excluding hydrogens is 462 g/mol. The first-order chi connectivity index (χ1) is 16.1. The highest BCUT2D eigenvalue weighted by Crippen LogP contribution is 2.41. The molecule has 3 N–H and O–H groups in total. The minimum atomic E-state index is -1.59. The number of ether oxygens (including phenoxy) is 1. The van der Waals surface area contributed by atoms with Crippen LogP contribution in [-0.4, -0.2) is 51.7 Å². The number of anilines is 1. The number of carbonyl (C=O) groups is 1. The third kappa shape index (κ3) is 4.55. The summed E-state index contributed by atoms with van der Waals surface area (Å²) < 4.78 is 34.7. The second-order valence-corrected chi connectivity index (χ2v) is 9.41. The topological polar surface area (TPSA) is 92.3 Å². The number of halogens is 3. The number of carbonyl (C=O) groups excluding carboxylic acids is 1. The van der Waals surface area contributed by atoms with Crippen molar-refractivity contribution in [1.29, 1.82) is 5.41 Å². The third-order valence-electron chi connectivity index (χ3n) is 6.12. The number of nitrogen functional groups attached to an aromatic ring is 1. The van der Waals surface area contributed by atoms with Crippen LogP contribution < -0.4 is 10.5 Å². The van der Waals surface area contributed by atoms with E-state index in [0.29, 0.717) is 36.3 Å². The number of aromatic nitrogens is 1. The highest BCUT2D eigenvalue weighted by Gasteiger charge is 2.42. The molecule has 6 nitrogen and oxygen atoms in total. The minimum absolute atomic E-state index is 0.00757. The molecule has 3 atom stereocenters. The lowest BCUT2D eigenvalue weighted by Crippen LogP contribution is -2.40. The molecule has 1 saturated heterocycles. The van der Waals surface area contributed by atoms with Gasteiger partial charge in [0.15, 0.2) is 11.6 Å². The number of alkyl halides is 2. The zero-order valence-corrected chi connectivity index (χ0v) is 19.6. The number of likely N-dealkylation sites (tertiary alicyclic amines) is 1. The Morgan fingerprint density at radius 2 is 2.06 bits per heavy atom. The van der Waals surface area contributed by atoms with Gasteiger partial charge in [0, 0.05) is 41.6 Å². The summed E-state index contributed by atoms with van der Waals surface area (Å²) in [5, 5.41) is 7.70. The first kappa shape index (κ1) is 23.9. The number of allylic oxidation sites excluding steroid dienone is 3. The summed E-state index contributed by atoms with van der Waals surface area (Å²) in [5.41, 5.74) is 8.50. The molecule has 2 aliphatic rings. The van der Waals surface area contributed by atoms with Gasteiger partial charge in [-0.3, -0.25) is 4.79 Å². The largest absolute Gasteiger partial charge is 0.482 e. The fraction of sp³-hybridized carbons (Fsp3) is 0.320. The van der Waals surface area contributed by atoms with Gasteiger partial charge in [-0.2, -0.15) is 0 Å². The van der Waals surface area contributed by atoms with Crippen molar-refractivity contribution in [3.05, 3.63) is 65.6 Å².